The van der Waals surface area contributed by atoms with Crippen LogP contribution in [0.2, 0.25) is 0 Å². The molecule has 1 atom stereocenters. The monoisotopic (exact) mass is 575 g/mol. The molecule has 0 saturated carbocycles. The smallest absolute Gasteiger partial charge is 0.489 e. The number of carboxylic acid groups (broad SMARTS) is 1. The molecule has 2 heterocycles. The second-order valence-electron chi connectivity index (χ2n) is 9.37. The molecule has 0 saturated heterocycles. The highest BCUT2D eigenvalue weighted by Crippen LogP contribution is 2.27. The summed E-state index contributed by atoms with van der Waals surface area (Å²) < 4.78 is 48.5. The van der Waals surface area contributed by atoms with E-state index >= 15 is 0 Å². The maximum absolute atomic E-state index is 12.9. The van der Waals surface area contributed by atoms with Crippen LogP contribution in [0.25, 0.3) is 16.8 Å². The van der Waals surface area contributed by atoms with E-state index in [0.29, 0.717) is 34.7 Å². The van der Waals surface area contributed by atoms with Gasteiger partial charge in [-0.15, -0.1) is 13.2 Å². The quantitative estimate of drug-likeness (QED) is 0.215. The van der Waals surface area contributed by atoms with Crippen molar-refractivity contribution in [2.45, 2.75) is 25.4 Å². The average Bonchev–Trinajstić information content (AvgIpc) is 3.40. The van der Waals surface area contributed by atoms with Gasteiger partial charge in [0.05, 0.1) is 0 Å². The molecule has 0 bridgehead atoms. The molecule has 214 valence electrons. The minimum Gasteiger partial charge on any atom is -0.489 e. The fourth-order valence-corrected chi connectivity index (χ4v) is 4.25. The number of benzene rings is 3. The Balaban J connectivity index is 1.23. The Morgan fingerprint density at radius 3 is 2.17 bits per heavy atom. The lowest BCUT2D eigenvalue weighted by Gasteiger charge is -2.14. The summed E-state index contributed by atoms with van der Waals surface area (Å²) in [5.41, 5.74) is 3.43. The van der Waals surface area contributed by atoms with Gasteiger partial charge in [-0.3, -0.25) is 4.79 Å². The molecule has 0 aliphatic carbocycles. The number of carbonyl (C=O) groups excluding carboxylic acids is 1. The molecule has 3 aromatic carbocycles. The summed E-state index contributed by atoms with van der Waals surface area (Å²) in [4.78, 5) is 29.1. The number of hydrogen-bond donors (Lipinski definition) is 2. The number of hydrogen-bond acceptors (Lipinski definition) is 5. The van der Waals surface area contributed by atoms with E-state index in [9.17, 15) is 27.9 Å². The Kier molecular flexibility index (Phi) is 8.09. The van der Waals surface area contributed by atoms with Crippen LogP contribution in [0, 0.1) is 0 Å². The molecule has 5 aromatic rings. The molecule has 0 spiro atoms. The minimum absolute atomic E-state index is 0.0111. The first-order valence-electron chi connectivity index (χ1n) is 12.8. The van der Waals surface area contributed by atoms with Crippen LogP contribution < -0.4 is 14.8 Å². The fraction of sp³-hybridized carbons (Fsp3) is 0.129. The normalized spacial score (nSPS) is 12.1. The van der Waals surface area contributed by atoms with Crippen LogP contribution >= 0.6 is 0 Å². The van der Waals surface area contributed by atoms with Gasteiger partial charge in [-0.2, -0.15) is 0 Å². The zero-order chi connectivity index (χ0) is 29.7. The van der Waals surface area contributed by atoms with Crippen molar-refractivity contribution in [1.29, 1.82) is 0 Å². The second kappa shape index (κ2) is 12.0. The van der Waals surface area contributed by atoms with Crippen molar-refractivity contribution >= 4 is 17.5 Å². The number of amides is 1. The number of imidazole rings is 1. The van der Waals surface area contributed by atoms with Gasteiger partial charge in [0.2, 0.25) is 0 Å². The maximum atomic E-state index is 12.9. The maximum Gasteiger partial charge on any atom is 0.573 e. The van der Waals surface area contributed by atoms with Crippen molar-refractivity contribution in [1.82, 2.24) is 14.7 Å². The lowest BCUT2D eigenvalue weighted by atomic mass is 10.1. The van der Waals surface area contributed by atoms with Crippen molar-refractivity contribution in [3.63, 3.8) is 0 Å². The summed E-state index contributed by atoms with van der Waals surface area (Å²) in [6, 6.07) is 24.2. The van der Waals surface area contributed by atoms with Crippen LogP contribution in [0.5, 0.6) is 11.5 Å². The summed E-state index contributed by atoms with van der Waals surface area (Å²) in [6.07, 6.45) is -1.62. The molecule has 0 fully saturated rings. The lowest BCUT2D eigenvalue weighted by molar-refractivity contribution is -0.274. The van der Waals surface area contributed by atoms with E-state index in [-0.39, 0.29) is 17.9 Å². The third-order valence-corrected chi connectivity index (χ3v) is 6.32. The van der Waals surface area contributed by atoms with E-state index < -0.39 is 24.3 Å². The second-order valence-corrected chi connectivity index (χ2v) is 9.37. The van der Waals surface area contributed by atoms with Crippen LogP contribution in [0.3, 0.4) is 0 Å². The number of aliphatic carboxylic acids is 1. The Hall–Kier alpha value is -5.32. The molecular formula is C31H24F3N3O5. The highest BCUT2D eigenvalue weighted by Gasteiger charge is 2.31. The SMILES string of the molecule is O=C(NC(Cc1ccc(OCc2ccccc2)cc1)C(=O)O)c1cn2cc(-c3ccc(OC(F)(F)F)cc3)ccc2n1. The molecule has 1 unspecified atom stereocenters. The summed E-state index contributed by atoms with van der Waals surface area (Å²) in [5, 5.41) is 12.3. The van der Waals surface area contributed by atoms with Crippen LogP contribution in [0.1, 0.15) is 21.6 Å². The molecule has 0 aliphatic rings. The minimum atomic E-state index is -4.78. The van der Waals surface area contributed by atoms with Crippen molar-refractivity contribution in [3.05, 3.63) is 120 Å². The molecule has 8 nitrogen and oxygen atoms in total. The van der Waals surface area contributed by atoms with E-state index in [4.69, 9.17) is 4.74 Å². The van der Waals surface area contributed by atoms with E-state index in [1.54, 1.807) is 47.0 Å². The van der Waals surface area contributed by atoms with Crippen molar-refractivity contribution in [2.75, 3.05) is 0 Å². The van der Waals surface area contributed by atoms with Crippen LogP contribution in [-0.2, 0) is 17.8 Å². The molecular weight excluding hydrogens is 551 g/mol. The van der Waals surface area contributed by atoms with E-state index in [2.05, 4.69) is 15.0 Å². The number of halogens is 3. The topological polar surface area (TPSA) is 102 Å². The van der Waals surface area contributed by atoms with E-state index in [1.165, 1.54) is 30.5 Å². The van der Waals surface area contributed by atoms with Gasteiger partial charge in [-0.05, 0) is 58.7 Å². The number of rotatable bonds is 10. The zero-order valence-electron chi connectivity index (χ0n) is 21.9. The van der Waals surface area contributed by atoms with Gasteiger partial charge in [0.15, 0.2) is 0 Å². The Bertz CT molecular complexity index is 1690. The predicted octanol–water partition coefficient (Wildman–Crippen LogP) is 5.90. The highest BCUT2D eigenvalue weighted by molar-refractivity contribution is 5.95. The van der Waals surface area contributed by atoms with Gasteiger partial charge in [-0.25, -0.2) is 9.78 Å². The fourth-order valence-electron chi connectivity index (χ4n) is 4.25. The van der Waals surface area contributed by atoms with Gasteiger partial charge >= 0.3 is 12.3 Å². The number of fused-ring (bicyclic) bond motifs is 1. The molecule has 11 heteroatoms. The average molecular weight is 576 g/mol. The van der Waals surface area contributed by atoms with Gasteiger partial charge in [0.1, 0.15) is 35.5 Å². The summed E-state index contributed by atoms with van der Waals surface area (Å²) in [6.45, 7) is 0.400. The predicted molar refractivity (Wildman–Crippen MR) is 147 cm³/mol. The van der Waals surface area contributed by atoms with Crippen molar-refractivity contribution in [2.24, 2.45) is 0 Å². The van der Waals surface area contributed by atoms with Crippen LogP contribution in [-0.4, -0.2) is 38.8 Å². The summed E-state index contributed by atoms with van der Waals surface area (Å²) >= 11 is 0. The molecule has 5 rings (SSSR count). The molecule has 42 heavy (non-hydrogen) atoms. The van der Waals surface area contributed by atoms with Gasteiger partial charge in [0.25, 0.3) is 5.91 Å². The number of carboxylic acids is 1. The molecule has 2 aromatic heterocycles. The van der Waals surface area contributed by atoms with Crippen LogP contribution in [0.4, 0.5) is 13.2 Å². The van der Waals surface area contributed by atoms with Crippen LogP contribution in [0.15, 0.2) is 103 Å². The van der Waals surface area contributed by atoms with Crippen molar-refractivity contribution < 1.29 is 37.3 Å². The number of nitrogens with zero attached hydrogens (tertiary/aromatic N) is 2. The third kappa shape index (κ3) is 7.25. The summed E-state index contributed by atoms with van der Waals surface area (Å²) in [7, 11) is 0. The number of ether oxygens (including phenoxy) is 2. The molecule has 0 aliphatic heterocycles. The standard InChI is InChI=1S/C31H24F3N3O5/c32-31(33,34)42-25-13-8-22(9-14-25)23-10-15-28-35-27(18-37(28)17-23)29(38)36-26(30(39)40)16-20-6-11-24(12-7-20)41-19-21-4-2-1-3-5-21/h1-15,17-18,26H,16,19H2,(H,36,38)(H,39,40). The highest BCUT2D eigenvalue weighted by atomic mass is 19.4. The van der Waals surface area contributed by atoms with E-state index in [0.717, 1.165) is 5.56 Å². The number of pyridine rings is 1. The Morgan fingerprint density at radius 1 is 0.833 bits per heavy atom. The number of nitrogens with one attached hydrogen (secondary N) is 1. The number of carbonyl (C=O) groups is 2. The zero-order valence-corrected chi connectivity index (χ0v) is 21.9. The Labute approximate surface area is 238 Å². The first-order valence-corrected chi connectivity index (χ1v) is 12.8. The van der Waals surface area contributed by atoms with Gasteiger partial charge in [0, 0.05) is 18.8 Å². The Morgan fingerprint density at radius 2 is 1.50 bits per heavy atom. The number of aromatic nitrogens is 2. The van der Waals surface area contributed by atoms with Crippen molar-refractivity contribution in [3.8, 4) is 22.6 Å². The van der Waals surface area contributed by atoms with E-state index in [1.807, 2.05) is 30.3 Å². The molecule has 1 amide bonds. The first kappa shape index (κ1) is 28.2. The van der Waals surface area contributed by atoms with Gasteiger partial charge in [-0.1, -0.05) is 54.6 Å². The lowest BCUT2D eigenvalue weighted by Crippen LogP contribution is -2.42. The first-order chi connectivity index (χ1) is 20.1. The van der Waals surface area contributed by atoms with Gasteiger partial charge < -0.3 is 24.3 Å². The molecule has 0 radical (unpaired) electrons. The molecule has 2 N–H and O–H groups in total. The largest absolute Gasteiger partial charge is 0.573 e. The third-order valence-electron chi connectivity index (χ3n) is 6.32. The number of alkyl halides is 3. The summed E-state index contributed by atoms with van der Waals surface area (Å²) in [5.74, 6) is -1.57.